The van der Waals surface area contributed by atoms with Crippen LogP contribution < -0.4 is 5.32 Å². The molecular weight excluding hydrogens is 589 g/mol. The van der Waals surface area contributed by atoms with Crippen molar-refractivity contribution in [2.75, 3.05) is 6.54 Å². The highest BCUT2D eigenvalue weighted by Gasteiger charge is 2.95. The summed E-state index contributed by atoms with van der Waals surface area (Å²) in [4.78, 5) is 22.2. The fourth-order valence-electron chi connectivity index (χ4n) is 2.36. The fourth-order valence-corrected chi connectivity index (χ4v) is 2.36. The van der Waals surface area contributed by atoms with E-state index in [9.17, 15) is 84.2 Å². The Hall–Kier alpha value is -2.51. The van der Waals surface area contributed by atoms with Crippen molar-refractivity contribution in [1.29, 1.82) is 0 Å². The Morgan fingerprint density at radius 2 is 1.03 bits per heavy atom. The van der Waals surface area contributed by atoms with Crippen LogP contribution >= 0.6 is 0 Å². The zero-order valence-corrected chi connectivity index (χ0v) is 18.1. The molecule has 224 valence electrons. The van der Waals surface area contributed by atoms with Crippen molar-refractivity contribution in [3.05, 3.63) is 12.2 Å². The monoisotopic (exact) mass is 603 g/mol. The van der Waals surface area contributed by atoms with Crippen LogP contribution in [0.5, 0.6) is 0 Å². The second-order valence-corrected chi connectivity index (χ2v) is 7.70. The number of aliphatic carboxylic acids is 1. The standard InChI is InChI=1S/C17H14F17NO3/c1-6(5-7(2)9(37)38)8(36)35-4-3-10(18,19)11(20,21)12(22,23)13(24,25)14(26,27)15(28,29)16(30,31)17(32,33)34/h7H,1,3-5H2,2H3,(H,35,36)(H,37,38). The average molecular weight is 603 g/mol. The summed E-state index contributed by atoms with van der Waals surface area (Å²) in [6, 6.07) is 0. The first-order chi connectivity index (χ1) is 16.4. The Morgan fingerprint density at radius 3 is 1.37 bits per heavy atom. The van der Waals surface area contributed by atoms with Gasteiger partial charge in [0.05, 0.1) is 5.92 Å². The predicted octanol–water partition coefficient (Wildman–Crippen LogP) is 6.17. The predicted molar refractivity (Wildman–Crippen MR) is 88.9 cm³/mol. The maximum absolute atomic E-state index is 13.7. The zero-order chi connectivity index (χ0) is 31.1. The Balaban J connectivity index is 6.07. The minimum absolute atomic E-state index is 0.691. The molecule has 0 aromatic rings. The molecule has 1 atom stereocenters. The topological polar surface area (TPSA) is 66.4 Å². The quantitative estimate of drug-likeness (QED) is 0.196. The lowest BCUT2D eigenvalue weighted by Gasteiger charge is -2.42. The first-order valence-electron chi connectivity index (χ1n) is 9.28. The van der Waals surface area contributed by atoms with E-state index in [-0.39, 0.29) is 0 Å². The molecule has 1 amide bonds. The van der Waals surface area contributed by atoms with Gasteiger partial charge in [0.2, 0.25) is 5.91 Å². The third kappa shape index (κ3) is 5.59. The molecule has 0 aromatic carbocycles. The highest BCUT2D eigenvalue weighted by molar-refractivity contribution is 5.93. The van der Waals surface area contributed by atoms with E-state index in [1.54, 1.807) is 0 Å². The number of rotatable bonds is 13. The number of hydrogen-bond acceptors (Lipinski definition) is 2. The van der Waals surface area contributed by atoms with Crippen LogP contribution in [0.3, 0.4) is 0 Å². The van der Waals surface area contributed by atoms with Crippen LogP contribution in [0.4, 0.5) is 74.6 Å². The van der Waals surface area contributed by atoms with E-state index in [0.717, 1.165) is 6.92 Å². The van der Waals surface area contributed by atoms with Gasteiger partial charge in [-0.2, -0.15) is 74.6 Å². The van der Waals surface area contributed by atoms with Gasteiger partial charge in [-0.1, -0.05) is 13.5 Å². The highest BCUT2D eigenvalue weighted by Crippen LogP contribution is 2.64. The summed E-state index contributed by atoms with van der Waals surface area (Å²) in [7, 11) is 0. The molecule has 0 spiro atoms. The molecule has 4 nitrogen and oxygen atoms in total. The number of carbonyl (C=O) groups excluding carboxylic acids is 1. The van der Waals surface area contributed by atoms with Crippen LogP contribution in [-0.4, -0.2) is 71.2 Å². The van der Waals surface area contributed by atoms with Crippen molar-refractivity contribution >= 4 is 11.9 Å². The van der Waals surface area contributed by atoms with Gasteiger partial charge in [0.25, 0.3) is 0 Å². The molecule has 21 heteroatoms. The van der Waals surface area contributed by atoms with E-state index in [0.29, 0.717) is 0 Å². The van der Waals surface area contributed by atoms with E-state index in [4.69, 9.17) is 5.11 Å². The van der Waals surface area contributed by atoms with Crippen molar-refractivity contribution in [2.24, 2.45) is 5.92 Å². The Morgan fingerprint density at radius 1 is 0.684 bits per heavy atom. The smallest absolute Gasteiger partial charge is 0.460 e. The van der Waals surface area contributed by atoms with Crippen LogP contribution in [0, 0.1) is 5.92 Å². The molecule has 0 saturated carbocycles. The molecule has 2 N–H and O–H groups in total. The first-order valence-corrected chi connectivity index (χ1v) is 9.28. The lowest BCUT2D eigenvalue weighted by molar-refractivity contribution is -0.461. The minimum Gasteiger partial charge on any atom is -0.481 e. The summed E-state index contributed by atoms with van der Waals surface area (Å²) in [6.45, 7) is 2.09. The molecule has 0 aliphatic carbocycles. The summed E-state index contributed by atoms with van der Waals surface area (Å²) < 4.78 is 224. The molecule has 0 aromatic heterocycles. The number of carboxylic acid groups (broad SMARTS) is 1. The number of hydrogen-bond donors (Lipinski definition) is 2. The number of nitrogens with one attached hydrogen (secondary N) is 1. The normalized spacial score (nSPS) is 15.7. The Bertz CT molecular complexity index is 910. The van der Waals surface area contributed by atoms with Crippen molar-refractivity contribution < 1.29 is 89.3 Å². The average Bonchev–Trinajstić information content (AvgIpc) is 2.71. The number of carboxylic acids is 1. The Kier molecular flexibility index (Phi) is 9.56. The SMILES string of the molecule is C=C(CC(C)C(=O)O)C(=O)NCCC(F)(F)C(F)(F)C(F)(F)C(F)(F)C(F)(F)C(F)(F)C(F)(F)C(F)(F)F. The molecular formula is C17H14F17NO3. The molecule has 0 radical (unpaired) electrons. The minimum atomic E-state index is -8.71. The van der Waals surface area contributed by atoms with Crippen LogP contribution in [0.25, 0.3) is 0 Å². The van der Waals surface area contributed by atoms with Gasteiger partial charge in [0.1, 0.15) is 0 Å². The van der Waals surface area contributed by atoms with Crippen LogP contribution in [0.15, 0.2) is 12.2 Å². The molecule has 0 aliphatic heterocycles. The number of halogens is 17. The van der Waals surface area contributed by atoms with Crippen molar-refractivity contribution in [2.45, 2.75) is 67.4 Å². The number of alkyl halides is 17. The highest BCUT2D eigenvalue weighted by atomic mass is 19.4. The van der Waals surface area contributed by atoms with E-state index >= 15 is 0 Å². The number of amides is 1. The molecule has 1 unspecified atom stereocenters. The van der Waals surface area contributed by atoms with E-state index in [1.807, 2.05) is 0 Å². The van der Waals surface area contributed by atoms with Crippen LogP contribution in [0.2, 0.25) is 0 Å². The molecule has 0 aliphatic rings. The van der Waals surface area contributed by atoms with Crippen LogP contribution in [-0.2, 0) is 9.59 Å². The molecule has 0 rings (SSSR count). The van der Waals surface area contributed by atoms with Crippen LogP contribution in [0.1, 0.15) is 19.8 Å². The van der Waals surface area contributed by atoms with Crippen molar-refractivity contribution in [1.82, 2.24) is 5.32 Å². The summed E-state index contributed by atoms with van der Waals surface area (Å²) in [5.41, 5.74) is -0.723. The van der Waals surface area contributed by atoms with Gasteiger partial charge in [-0.05, 0) is 6.42 Å². The second-order valence-electron chi connectivity index (χ2n) is 7.70. The Labute approximate surface area is 199 Å². The first kappa shape index (κ1) is 35.5. The van der Waals surface area contributed by atoms with Gasteiger partial charge in [-0.25, -0.2) is 0 Å². The third-order valence-electron chi connectivity index (χ3n) is 4.81. The summed E-state index contributed by atoms with van der Waals surface area (Å²) in [6.07, 6.45) is -11.4. The third-order valence-corrected chi connectivity index (χ3v) is 4.81. The lowest BCUT2D eigenvalue weighted by Crippen LogP contribution is -2.74. The summed E-state index contributed by atoms with van der Waals surface area (Å²) in [5.74, 6) is -61.5. The molecule has 0 bridgehead atoms. The maximum Gasteiger partial charge on any atom is 0.460 e. The van der Waals surface area contributed by atoms with E-state index < -0.39 is 90.4 Å². The fraction of sp³-hybridized carbons (Fsp3) is 0.765. The van der Waals surface area contributed by atoms with E-state index in [2.05, 4.69) is 6.58 Å². The summed E-state index contributed by atoms with van der Waals surface area (Å²) >= 11 is 0. The van der Waals surface area contributed by atoms with Gasteiger partial charge in [0, 0.05) is 18.5 Å². The van der Waals surface area contributed by atoms with Gasteiger partial charge >= 0.3 is 53.6 Å². The van der Waals surface area contributed by atoms with Gasteiger partial charge < -0.3 is 10.4 Å². The zero-order valence-electron chi connectivity index (χ0n) is 18.1. The van der Waals surface area contributed by atoms with Crippen molar-refractivity contribution in [3.63, 3.8) is 0 Å². The lowest BCUT2D eigenvalue weighted by atomic mass is 9.88. The van der Waals surface area contributed by atoms with Gasteiger partial charge in [0.15, 0.2) is 0 Å². The second kappa shape index (κ2) is 10.2. The van der Waals surface area contributed by atoms with E-state index in [1.165, 1.54) is 5.32 Å². The molecule has 0 saturated heterocycles. The van der Waals surface area contributed by atoms with Gasteiger partial charge in [-0.3, -0.25) is 9.59 Å². The largest absolute Gasteiger partial charge is 0.481 e. The molecule has 0 heterocycles. The number of carbonyl (C=O) groups is 2. The maximum atomic E-state index is 13.7. The molecule has 38 heavy (non-hydrogen) atoms. The summed E-state index contributed by atoms with van der Waals surface area (Å²) in [5, 5.41) is 9.90. The molecule has 0 fully saturated rings. The van der Waals surface area contributed by atoms with Gasteiger partial charge in [-0.15, -0.1) is 0 Å². The van der Waals surface area contributed by atoms with Crippen molar-refractivity contribution in [3.8, 4) is 0 Å².